The second-order valence-electron chi connectivity index (χ2n) is 7.30. The number of Topliss-reactive ketones (excluding diaryl/α,β-unsaturated/α-hetero) is 2. The molecule has 5 nitrogen and oxygen atoms in total. The predicted octanol–water partition coefficient (Wildman–Crippen LogP) is 3.12. The Morgan fingerprint density at radius 2 is 1.35 bits per heavy atom. The number of carbonyl (C=O) groups excluding carboxylic acids is 2. The molecule has 1 heterocycles. The van der Waals surface area contributed by atoms with Crippen LogP contribution in [-0.4, -0.2) is 53.1 Å². The number of nitrogens with zero attached hydrogens (tertiary/aromatic N) is 3. The van der Waals surface area contributed by atoms with Crippen LogP contribution in [0.2, 0.25) is 0 Å². The van der Waals surface area contributed by atoms with Crippen LogP contribution in [0.5, 0.6) is 0 Å². The standard InChI is InChI=1S/C21H29N3O2/c1-15(10-17(3)25)22-20-13-24(12-19-8-6-5-7-9-19)14-21(20)23-16(2)11-18(4)26/h5-9,20-21H,10-14H2,1-4H3. The SMILES string of the molecule is CC(=O)CC(C)=NC1CN(Cc2ccccc2)CC1N=C(C)CC(C)=O. The molecule has 0 saturated carbocycles. The fourth-order valence-corrected chi connectivity index (χ4v) is 3.45. The van der Waals surface area contributed by atoms with Crippen LogP contribution in [0, 0.1) is 0 Å². The van der Waals surface area contributed by atoms with Crippen LogP contribution >= 0.6 is 0 Å². The van der Waals surface area contributed by atoms with Crippen LogP contribution in [0.15, 0.2) is 40.3 Å². The van der Waals surface area contributed by atoms with Crippen molar-refractivity contribution in [3.63, 3.8) is 0 Å². The molecule has 2 atom stereocenters. The lowest BCUT2D eigenvalue weighted by molar-refractivity contribution is -0.116. The fourth-order valence-electron chi connectivity index (χ4n) is 3.45. The maximum Gasteiger partial charge on any atom is 0.135 e. The minimum Gasteiger partial charge on any atom is -0.300 e. The first kappa shape index (κ1) is 20.2. The van der Waals surface area contributed by atoms with Crippen molar-refractivity contribution >= 4 is 23.0 Å². The van der Waals surface area contributed by atoms with Gasteiger partial charge in [0.25, 0.3) is 0 Å². The average molecular weight is 355 g/mol. The Balaban J connectivity index is 2.14. The molecule has 0 radical (unpaired) electrons. The lowest BCUT2D eigenvalue weighted by atomic mass is 10.1. The highest BCUT2D eigenvalue weighted by Crippen LogP contribution is 2.20. The van der Waals surface area contributed by atoms with Gasteiger partial charge in [-0.15, -0.1) is 0 Å². The quantitative estimate of drug-likeness (QED) is 0.673. The molecular formula is C21H29N3O2. The molecular weight excluding hydrogens is 326 g/mol. The first-order chi connectivity index (χ1) is 12.3. The van der Waals surface area contributed by atoms with E-state index in [-0.39, 0.29) is 23.7 Å². The van der Waals surface area contributed by atoms with E-state index in [0.717, 1.165) is 31.1 Å². The molecule has 0 amide bonds. The van der Waals surface area contributed by atoms with Gasteiger partial charge in [-0.2, -0.15) is 0 Å². The van der Waals surface area contributed by atoms with Gasteiger partial charge in [0.2, 0.25) is 0 Å². The van der Waals surface area contributed by atoms with E-state index in [2.05, 4.69) is 17.0 Å². The fraction of sp³-hybridized carbons (Fsp3) is 0.524. The van der Waals surface area contributed by atoms with Crippen LogP contribution < -0.4 is 0 Å². The van der Waals surface area contributed by atoms with E-state index in [1.807, 2.05) is 32.0 Å². The Kier molecular flexibility index (Phi) is 7.39. The number of likely N-dealkylation sites (tertiary alicyclic amines) is 1. The molecule has 0 spiro atoms. The molecule has 0 aromatic heterocycles. The summed E-state index contributed by atoms with van der Waals surface area (Å²) in [5.74, 6) is 0.247. The summed E-state index contributed by atoms with van der Waals surface area (Å²) in [5.41, 5.74) is 2.97. The predicted molar refractivity (Wildman–Crippen MR) is 106 cm³/mol. The van der Waals surface area contributed by atoms with Crippen LogP contribution in [0.25, 0.3) is 0 Å². The maximum atomic E-state index is 11.4. The van der Waals surface area contributed by atoms with E-state index in [0.29, 0.717) is 12.8 Å². The van der Waals surface area contributed by atoms with Gasteiger partial charge in [0.15, 0.2) is 0 Å². The van der Waals surface area contributed by atoms with Gasteiger partial charge in [0, 0.05) is 43.9 Å². The molecule has 2 unspecified atom stereocenters. The van der Waals surface area contributed by atoms with Gasteiger partial charge in [-0.3, -0.25) is 24.5 Å². The van der Waals surface area contributed by atoms with Gasteiger partial charge in [-0.05, 0) is 33.3 Å². The lowest BCUT2D eigenvalue weighted by Crippen LogP contribution is -2.23. The maximum absolute atomic E-state index is 11.4. The van der Waals surface area contributed by atoms with E-state index in [4.69, 9.17) is 9.98 Å². The zero-order valence-corrected chi connectivity index (χ0v) is 16.2. The van der Waals surface area contributed by atoms with Crippen LogP contribution in [0.3, 0.4) is 0 Å². The number of benzene rings is 1. The molecule has 1 saturated heterocycles. The zero-order valence-electron chi connectivity index (χ0n) is 16.2. The Hall–Kier alpha value is -2.14. The highest BCUT2D eigenvalue weighted by Gasteiger charge is 2.32. The molecule has 26 heavy (non-hydrogen) atoms. The Labute approximate surface area is 156 Å². The number of hydrogen-bond acceptors (Lipinski definition) is 5. The molecule has 0 bridgehead atoms. The number of ketones is 2. The summed E-state index contributed by atoms with van der Waals surface area (Å²) in [6.07, 6.45) is 0.774. The van der Waals surface area contributed by atoms with Gasteiger partial charge in [0.05, 0.1) is 12.1 Å². The van der Waals surface area contributed by atoms with Crippen molar-refractivity contribution in [1.82, 2.24) is 4.90 Å². The minimum absolute atomic E-state index is 0.0278. The monoisotopic (exact) mass is 355 g/mol. The van der Waals surface area contributed by atoms with Gasteiger partial charge in [0.1, 0.15) is 11.6 Å². The number of aliphatic imine (C=N–C) groups is 2. The molecule has 1 fully saturated rings. The highest BCUT2D eigenvalue weighted by molar-refractivity contribution is 6.00. The van der Waals surface area contributed by atoms with E-state index in [1.165, 1.54) is 5.56 Å². The minimum atomic E-state index is 0.0278. The molecule has 0 N–H and O–H groups in total. The van der Waals surface area contributed by atoms with Crippen LogP contribution in [-0.2, 0) is 16.1 Å². The second-order valence-corrected chi connectivity index (χ2v) is 7.30. The van der Waals surface area contributed by atoms with Gasteiger partial charge < -0.3 is 0 Å². The Morgan fingerprint density at radius 3 is 1.77 bits per heavy atom. The van der Waals surface area contributed by atoms with E-state index < -0.39 is 0 Å². The first-order valence-electron chi connectivity index (χ1n) is 9.15. The third-order valence-corrected chi connectivity index (χ3v) is 4.37. The molecule has 5 heteroatoms. The zero-order chi connectivity index (χ0) is 19.1. The normalized spacial score (nSPS) is 21.8. The first-order valence-corrected chi connectivity index (χ1v) is 9.15. The molecule has 2 rings (SSSR count). The molecule has 1 aliphatic heterocycles. The van der Waals surface area contributed by atoms with Gasteiger partial charge in [-0.1, -0.05) is 30.3 Å². The molecule has 1 aromatic carbocycles. The number of hydrogen-bond donors (Lipinski definition) is 0. The molecule has 1 aromatic rings. The highest BCUT2D eigenvalue weighted by atomic mass is 16.1. The second kappa shape index (κ2) is 9.53. The van der Waals surface area contributed by atoms with Crippen molar-refractivity contribution in [2.45, 2.75) is 59.2 Å². The van der Waals surface area contributed by atoms with Crippen molar-refractivity contribution in [1.29, 1.82) is 0 Å². The largest absolute Gasteiger partial charge is 0.300 e. The van der Waals surface area contributed by atoms with Crippen molar-refractivity contribution in [2.75, 3.05) is 13.1 Å². The van der Waals surface area contributed by atoms with Crippen molar-refractivity contribution in [3.8, 4) is 0 Å². The van der Waals surface area contributed by atoms with Crippen molar-refractivity contribution in [2.24, 2.45) is 9.98 Å². The van der Waals surface area contributed by atoms with Gasteiger partial charge >= 0.3 is 0 Å². The lowest BCUT2D eigenvalue weighted by Gasteiger charge is -2.14. The Morgan fingerprint density at radius 1 is 0.885 bits per heavy atom. The third kappa shape index (κ3) is 6.64. The van der Waals surface area contributed by atoms with Crippen molar-refractivity contribution in [3.05, 3.63) is 35.9 Å². The summed E-state index contributed by atoms with van der Waals surface area (Å²) in [5, 5.41) is 0. The average Bonchev–Trinajstić information content (AvgIpc) is 2.87. The summed E-state index contributed by atoms with van der Waals surface area (Å²) in [4.78, 5) is 34.6. The summed E-state index contributed by atoms with van der Waals surface area (Å²) in [6, 6.07) is 10.4. The summed E-state index contributed by atoms with van der Waals surface area (Å²) in [6.45, 7) is 9.46. The molecule has 0 aliphatic carbocycles. The Bertz CT molecular complexity index is 654. The summed E-state index contributed by atoms with van der Waals surface area (Å²) in [7, 11) is 0. The third-order valence-electron chi connectivity index (χ3n) is 4.37. The van der Waals surface area contributed by atoms with E-state index in [1.54, 1.807) is 13.8 Å². The van der Waals surface area contributed by atoms with E-state index in [9.17, 15) is 9.59 Å². The topological polar surface area (TPSA) is 62.1 Å². The van der Waals surface area contributed by atoms with Crippen molar-refractivity contribution < 1.29 is 9.59 Å². The van der Waals surface area contributed by atoms with Crippen LogP contribution in [0.4, 0.5) is 0 Å². The summed E-state index contributed by atoms with van der Waals surface area (Å²) >= 11 is 0. The van der Waals surface area contributed by atoms with Crippen LogP contribution in [0.1, 0.15) is 46.1 Å². The molecule has 1 aliphatic rings. The summed E-state index contributed by atoms with van der Waals surface area (Å²) < 4.78 is 0. The number of rotatable bonds is 8. The molecule has 140 valence electrons. The van der Waals surface area contributed by atoms with Gasteiger partial charge in [-0.25, -0.2) is 0 Å². The van der Waals surface area contributed by atoms with E-state index >= 15 is 0 Å². The smallest absolute Gasteiger partial charge is 0.135 e. The number of carbonyl (C=O) groups is 2.